The zero-order chi connectivity index (χ0) is 39.8. The fraction of sp³-hybridized carbons (Fsp3) is 0.891. The number of aliphatic hydroxyl groups is 1. The third-order valence-electron chi connectivity index (χ3n) is 17.5. The molecule has 2 unspecified atom stereocenters. The minimum atomic E-state index is -1.16. The van der Waals surface area contributed by atoms with Crippen LogP contribution in [0, 0.1) is 62.1 Å². The summed E-state index contributed by atoms with van der Waals surface area (Å²) in [5, 5.41) is 22.2. The summed E-state index contributed by atoms with van der Waals surface area (Å²) in [6, 6.07) is 0. The van der Waals surface area contributed by atoms with Gasteiger partial charge in [-0.15, -0.1) is 0 Å². The lowest BCUT2D eigenvalue weighted by Crippen LogP contribution is -2.66. The molecule has 0 aromatic rings. The maximum atomic E-state index is 14.2. The second-order valence-electron chi connectivity index (χ2n) is 21.9. The number of carboxylic acids is 1. The molecule has 54 heavy (non-hydrogen) atoms. The SMILES string of the molecule is CC(C)C1=C2[C@H]3CC[C@@H]4[C@@]5(C)CC[C@H](OC(=O)CC(C)(C)C(=O)O)C(C)(C)C5CC[C@@]4(C)[C@]3(C)CC[C@@]2(C(O)CN(CCN(C)C)CC2CCC2)CC1=O. The van der Waals surface area contributed by atoms with E-state index in [1.807, 2.05) is 0 Å². The number of nitrogens with zero attached hydrogens (tertiary/aromatic N) is 2. The van der Waals surface area contributed by atoms with E-state index in [1.54, 1.807) is 13.8 Å². The van der Waals surface area contributed by atoms with Gasteiger partial charge in [0.1, 0.15) is 6.10 Å². The van der Waals surface area contributed by atoms with Gasteiger partial charge in [-0.1, -0.05) is 60.5 Å². The van der Waals surface area contributed by atoms with Gasteiger partial charge < -0.3 is 19.8 Å². The van der Waals surface area contributed by atoms with Gasteiger partial charge in [-0.2, -0.15) is 0 Å². The molecule has 9 atom stereocenters. The number of aliphatic hydroxyl groups excluding tert-OH is 1. The second kappa shape index (κ2) is 14.6. The largest absolute Gasteiger partial charge is 0.481 e. The van der Waals surface area contributed by atoms with E-state index < -0.39 is 28.9 Å². The zero-order valence-corrected chi connectivity index (χ0v) is 36.0. The summed E-state index contributed by atoms with van der Waals surface area (Å²) in [5.41, 5.74) is 0.703. The van der Waals surface area contributed by atoms with E-state index in [4.69, 9.17) is 4.74 Å². The minimum Gasteiger partial charge on any atom is -0.481 e. The Hall–Kier alpha value is -1.77. The molecule has 0 spiro atoms. The van der Waals surface area contributed by atoms with Crippen LogP contribution in [0.25, 0.3) is 0 Å². The highest BCUT2D eigenvalue weighted by atomic mass is 16.5. The van der Waals surface area contributed by atoms with Crippen LogP contribution in [-0.2, 0) is 19.1 Å². The standard InChI is InChI=1S/C46H76N2O6/c1-29(2)38-32(49)25-46(35(50)28-48(24-23-47(10)11)27-30-13-12-14-30)22-21-44(8)31(39(38)46)15-16-34-43(7)19-18-36(54-37(51)26-41(3,4)40(52)53)42(5,6)33(43)17-20-45(34,44)9/h29-31,33-36,50H,12-28H2,1-11H3,(H,52,53)/t31-,33?,34-,35?,36+,43+,44-,45-,46+/m1/s1. The number of ketones is 1. The highest BCUT2D eigenvalue weighted by Gasteiger charge is 2.71. The van der Waals surface area contributed by atoms with Gasteiger partial charge in [0.2, 0.25) is 0 Å². The van der Waals surface area contributed by atoms with Crippen molar-refractivity contribution in [2.45, 2.75) is 158 Å². The van der Waals surface area contributed by atoms with Crippen LogP contribution in [-0.4, -0.2) is 90.2 Å². The predicted octanol–water partition coefficient (Wildman–Crippen LogP) is 8.40. The molecule has 6 aliphatic rings. The molecular weight excluding hydrogens is 677 g/mol. The van der Waals surface area contributed by atoms with E-state index in [0.29, 0.717) is 24.8 Å². The molecule has 0 radical (unpaired) electrons. The molecular formula is C46H76N2O6. The van der Waals surface area contributed by atoms with Gasteiger partial charge in [-0.25, -0.2) is 0 Å². The molecule has 0 heterocycles. The average Bonchev–Trinajstić information content (AvgIpc) is 3.36. The van der Waals surface area contributed by atoms with E-state index in [0.717, 1.165) is 82.5 Å². The van der Waals surface area contributed by atoms with Crippen LogP contribution >= 0.6 is 0 Å². The van der Waals surface area contributed by atoms with E-state index in [-0.39, 0.29) is 51.8 Å². The van der Waals surface area contributed by atoms with Crippen molar-refractivity contribution < 1.29 is 29.3 Å². The van der Waals surface area contributed by atoms with E-state index >= 15 is 0 Å². The van der Waals surface area contributed by atoms with E-state index in [2.05, 4.69) is 72.4 Å². The van der Waals surface area contributed by atoms with Gasteiger partial charge in [0, 0.05) is 43.4 Å². The molecule has 5 fully saturated rings. The predicted molar refractivity (Wildman–Crippen MR) is 214 cm³/mol. The number of ether oxygens (including phenoxy) is 1. The lowest BCUT2D eigenvalue weighted by Gasteiger charge is -2.72. The van der Waals surface area contributed by atoms with Gasteiger partial charge >= 0.3 is 11.9 Å². The lowest BCUT2D eigenvalue weighted by atomic mass is 9.33. The van der Waals surface area contributed by atoms with Gasteiger partial charge in [0.15, 0.2) is 5.78 Å². The Bertz CT molecular complexity index is 1500. The van der Waals surface area contributed by atoms with Crippen LogP contribution in [0.2, 0.25) is 0 Å². The third kappa shape index (κ3) is 6.76. The van der Waals surface area contributed by atoms with Gasteiger partial charge in [0.05, 0.1) is 17.9 Å². The van der Waals surface area contributed by atoms with Gasteiger partial charge in [-0.05, 0) is 144 Å². The number of fused-ring (bicyclic) bond motifs is 7. The van der Waals surface area contributed by atoms with Crippen LogP contribution in [0.3, 0.4) is 0 Å². The molecule has 5 saturated carbocycles. The summed E-state index contributed by atoms with van der Waals surface area (Å²) < 4.78 is 6.19. The van der Waals surface area contributed by atoms with Crippen molar-refractivity contribution in [2.24, 2.45) is 62.1 Å². The van der Waals surface area contributed by atoms with E-state index in [1.165, 1.54) is 24.8 Å². The second-order valence-corrected chi connectivity index (χ2v) is 21.9. The summed E-state index contributed by atoms with van der Waals surface area (Å²) >= 11 is 0. The molecule has 6 aliphatic carbocycles. The van der Waals surface area contributed by atoms with Crippen molar-refractivity contribution in [3.63, 3.8) is 0 Å². The molecule has 0 amide bonds. The lowest BCUT2D eigenvalue weighted by molar-refractivity contribution is -0.235. The van der Waals surface area contributed by atoms with Gasteiger partial charge in [-0.3, -0.25) is 19.3 Å². The van der Waals surface area contributed by atoms with Crippen LogP contribution in [0.1, 0.15) is 146 Å². The Kier molecular flexibility index (Phi) is 11.3. The molecule has 2 N–H and O–H groups in total. The molecule has 0 saturated heterocycles. The van der Waals surface area contributed by atoms with Crippen LogP contribution < -0.4 is 0 Å². The Morgan fingerprint density at radius 3 is 2.17 bits per heavy atom. The van der Waals surface area contributed by atoms with Crippen molar-refractivity contribution in [3.05, 3.63) is 11.1 Å². The Morgan fingerprint density at radius 2 is 1.57 bits per heavy atom. The Morgan fingerprint density at radius 1 is 0.889 bits per heavy atom. The number of carboxylic acid groups (broad SMARTS) is 1. The number of esters is 1. The first-order valence-corrected chi connectivity index (χ1v) is 21.8. The smallest absolute Gasteiger partial charge is 0.309 e. The van der Waals surface area contributed by atoms with Crippen molar-refractivity contribution in [1.82, 2.24) is 9.80 Å². The number of carbonyl (C=O) groups is 3. The first-order chi connectivity index (χ1) is 25.0. The highest BCUT2D eigenvalue weighted by Crippen LogP contribution is 2.77. The molecule has 0 aromatic heterocycles. The quantitative estimate of drug-likeness (QED) is 0.181. The molecule has 0 aromatic carbocycles. The number of rotatable bonds is 13. The maximum Gasteiger partial charge on any atom is 0.309 e. The van der Waals surface area contributed by atoms with Crippen molar-refractivity contribution in [3.8, 4) is 0 Å². The summed E-state index contributed by atoms with van der Waals surface area (Å²) in [4.78, 5) is 43.9. The first-order valence-electron chi connectivity index (χ1n) is 21.8. The average molecular weight is 753 g/mol. The fourth-order valence-electron chi connectivity index (χ4n) is 14.0. The Labute approximate surface area is 327 Å². The molecule has 0 bridgehead atoms. The monoisotopic (exact) mass is 753 g/mol. The maximum absolute atomic E-state index is 14.2. The summed E-state index contributed by atoms with van der Waals surface area (Å²) in [7, 11) is 4.25. The van der Waals surface area contributed by atoms with Crippen LogP contribution in [0.15, 0.2) is 11.1 Å². The summed E-state index contributed by atoms with van der Waals surface area (Å²) in [6.45, 7) is 23.5. The molecule has 8 heteroatoms. The van der Waals surface area contributed by atoms with Crippen LogP contribution in [0.5, 0.6) is 0 Å². The topological polar surface area (TPSA) is 107 Å². The fourth-order valence-corrected chi connectivity index (χ4v) is 14.0. The normalized spacial score (nSPS) is 38.5. The summed E-state index contributed by atoms with van der Waals surface area (Å²) in [6.07, 6.45) is 11.5. The number of aliphatic carboxylic acids is 1. The molecule has 6 rings (SSSR count). The number of allylic oxidation sites excluding steroid dienone is 1. The number of hydrogen-bond donors (Lipinski definition) is 2. The molecule has 8 nitrogen and oxygen atoms in total. The third-order valence-corrected chi connectivity index (χ3v) is 17.5. The van der Waals surface area contributed by atoms with Crippen molar-refractivity contribution in [1.29, 1.82) is 0 Å². The highest BCUT2D eigenvalue weighted by molar-refractivity contribution is 6.00. The van der Waals surface area contributed by atoms with Gasteiger partial charge in [0.25, 0.3) is 0 Å². The molecule has 0 aliphatic heterocycles. The minimum absolute atomic E-state index is 0.0135. The van der Waals surface area contributed by atoms with Crippen molar-refractivity contribution >= 4 is 17.7 Å². The summed E-state index contributed by atoms with van der Waals surface area (Å²) in [5.74, 6) is 0.937. The first kappa shape index (κ1) is 41.9. The van der Waals surface area contributed by atoms with Crippen molar-refractivity contribution in [2.75, 3.05) is 40.3 Å². The number of hydrogen-bond acceptors (Lipinski definition) is 7. The number of likely N-dealkylation sites (N-methyl/N-ethyl adjacent to an activating group) is 1. The zero-order valence-electron chi connectivity index (χ0n) is 36.0. The number of carbonyl (C=O) groups excluding carboxylic acids is 2. The van der Waals surface area contributed by atoms with E-state index in [9.17, 15) is 24.6 Å². The molecule has 306 valence electrons. The van der Waals surface area contributed by atoms with Crippen LogP contribution in [0.4, 0.5) is 0 Å². The number of Topliss-reactive ketones (excluding diaryl/α,β-unsaturated/α-hetero) is 1. The Balaban J connectivity index is 1.28.